The lowest BCUT2D eigenvalue weighted by Crippen LogP contribution is -2.56. The fourth-order valence-corrected chi connectivity index (χ4v) is 5.73. The number of nitrogens with one attached hydrogen (secondary N) is 3. The van der Waals surface area contributed by atoms with Crippen molar-refractivity contribution in [1.82, 2.24) is 35.3 Å². The number of amides is 3. The highest BCUT2D eigenvalue weighted by molar-refractivity contribution is 5.95. The van der Waals surface area contributed by atoms with Crippen LogP contribution >= 0.6 is 0 Å². The van der Waals surface area contributed by atoms with Gasteiger partial charge >= 0.3 is 6.03 Å². The number of piperazine rings is 1. The van der Waals surface area contributed by atoms with E-state index in [4.69, 9.17) is 10.7 Å². The van der Waals surface area contributed by atoms with E-state index in [2.05, 4.69) is 30.7 Å². The van der Waals surface area contributed by atoms with Crippen LogP contribution in [0.15, 0.2) is 6.20 Å². The summed E-state index contributed by atoms with van der Waals surface area (Å²) in [6, 6.07) is 0.773. The van der Waals surface area contributed by atoms with E-state index in [-0.39, 0.29) is 23.9 Å². The van der Waals surface area contributed by atoms with Gasteiger partial charge in [0.1, 0.15) is 5.82 Å². The predicted octanol–water partition coefficient (Wildman–Crippen LogP) is -0.693. The van der Waals surface area contributed by atoms with Crippen molar-refractivity contribution < 1.29 is 9.59 Å². The minimum atomic E-state index is -0.594. The molecule has 0 bridgehead atoms. The molecule has 4 aliphatic rings. The normalized spacial score (nSPS) is 28.4. The number of nitrogens with zero attached hydrogens (tertiary/aromatic N) is 6. The van der Waals surface area contributed by atoms with Crippen LogP contribution in [-0.2, 0) is 0 Å². The summed E-state index contributed by atoms with van der Waals surface area (Å²) in [5, 5.41) is 10.4. The molecule has 0 aromatic carbocycles. The third-order valence-electron chi connectivity index (χ3n) is 7.77. The van der Waals surface area contributed by atoms with Crippen molar-refractivity contribution in [3.8, 4) is 0 Å². The lowest BCUT2D eigenvalue weighted by atomic mass is 10.0. The van der Waals surface area contributed by atoms with Gasteiger partial charge in [0.25, 0.3) is 5.91 Å². The molecule has 0 aliphatic carbocycles. The summed E-state index contributed by atoms with van der Waals surface area (Å²) in [6.45, 7) is 8.22. The second-order valence-corrected chi connectivity index (χ2v) is 10.1. The quantitative estimate of drug-likeness (QED) is 0.412. The second kappa shape index (κ2) is 10.5. The number of nitrogens with two attached hydrogens (primary N) is 1. The number of aromatic nitrogens is 2. The van der Waals surface area contributed by atoms with Crippen LogP contribution in [0.1, 0.15) is 36.2 Å². The van der Waals surface area contributed by atoms with Crippen molar-refractivity contribution in [1.29, 1.82) is 0 Å². The summed E-state index contributed by atoms with van der Waals surface area (Å²) < 4.78 is 0. The lowest BCUT2D eigenvalue weighted by Gasteiger charge is -2.40. The van der Waals surface area contributed by atoms with Crippen LogP contribution in [-0.4, -0.2) is 121 Å². The first-order valence-corrected chi connectivity index (χ1v) is 12.9. The summed E-state index contributed by atoms with van der Waals surface area (Å²) in [6.07, 6.45) is 5.58. The molecule has 192 valence electrons. The Morgan fingerprint density at radius 2 is 1.94 bits per heavy atom. The van der Waals surface area contributed by atoms with Gasteiger partial charge in [-0.3, -0.25) is 15.0 Å². The third kappa shape index (κ3) is 5.29. The maximum atomic E-state index is 12.5. The number of primary amides is 1. The van der Waals surface area contributed by atoms with E-state index < -0.39 is 5.91 Å². The van der Waals surface area contributed by atoms with Crippen molar-refractivity contribution in [2.45, 2.75) is 43.9 Å². The monoisotopic (exact) mass is 486 g/mol. The van der Waals surface area contributed by atoms with E-state index in [0.29, 0.717) is 24.2 Å². The zero-order valence-electron chi connectivity index (χ0n) is 20.6. The van der Waals surface area contributed by atoms with Gasteiger partial charge in [-0.1, -0.05) is 0 Å². The first-order chi connectivity index (χ1) is 17.0. The third-order valence-corrected chi connectivity index (χ3v) is 7.77. The highest BCUT2D eigenvalue weighted by Gasteiger charge is 2.35. The molecule has 0 spiro atoms. The molecule has 4 fully saturated rings. The van der Waals surface area contributed by atoms with E-state index in [1.165, 1.54) is 0 Å². The number of carbonyl (C=O) groups is 2. The Morgan fingerprint density at radius 1 is 1.11 bits per heavy atom. The SMILES string of the molecule is CN1CCN([C@@H]2CCCN(c3cnc(C(N)=O)c(NC4CCC(N5CCNCC5)CN4)n3)C2)C1=O. The topological polar surface area (TPSA) is 135 Å². The summed E-state index contributed by atoms with van der Waals surface area (Å²) in [5.74, 6) is 0.534. The van der Waals surface area contributed by atoms with Crippen molar-refractivity contribution in [2.24, 2.45) is 5.73 Å². The molecule has 4 saturated heterocycles. The number of carbonyl (C=O) groups excluding carboxylic acids is 2. The van der Waals surface area contributed by atoms with Gasteiger partial charge in [0, 0.05) is 72.0 Å². The molecule has 5 heterocycles. The summed E-state index contributed by atoms with van der Waals surface area (Å²) in [5.41, 5.74) is 5.78. The maximum absolute atomic E-state index is 12.5. The Kier molecular flexibility index (Phi) is 7.21. The number of anilines is 2. The molecule has 3 atom stereocenters. The molecule has 2 unspecified atom stereocenters. The fourth-order valence-electron chi connectivity index (χ4n) is 5.73. The highest BCUT2D eigenvalue weighted by Crippen LogP contribution is 2.25. The first kappa shape index (κ1) is 24.0. The largest absolute Gasteiger partial charge is 0.364 e. The number of urea groups is 1. The molecule has 12 nitrogen and oxygen atoms in total. The number of rotatable bonds is 6. The molecule has 1 aromatic rings. The maximum Gasteiger partial charge on any atom is 0.320 e. The smallest absolute Gasteiger partial charge is 0.320 e. The average Bonchev–Trinajstić information content (AvgIpc) is 3.23. The molecule has 4 aliphatic heterocycles. The van der Waals surface area contributed by atoms with Gasteiger partial charge < -0.3 is 31.1 Å². The average molecular weight is 487 g/mol. The Hall–Kier alpha value is -2.70. The summed E-state index contributed by atoms with van der Waals surface area (Å²) in [4.78, 5) is 42.2. The van der Waals surface area contributed by atoms with Crippen LogP contribution in [0.5, 0.6) is 0 Å². The van der Waals surface area contributed by atoms with E-state index in [9.17, 15) is 9.59 Å². The van der Waals surface area contributed by atoms with Gasteiger partial charge in [-0.15, -0.1) is 0 Å². The van der Waals surface area contributed by atoms with E-state index in [1.54, 1.807) is 11.1 Å². The van der Waals surface area contributed by atoms with Gasteiger partial charge in [0.2, 0.25) is 0 Å². The minimum Gasteiger partial charge on any atom is -0.364 e. The molecule has 1 aromatic heterocycles. The molecule has 35 heavy (non-hydrogen) atoms. The Labute approximate surface area is 206 Å². The zero-order valence-corrected chi connectivity index (χ0v) is 20.6. The standard InChI is InChI=1S/C23H38N10O2/c1-30-11-12-33(23(30)35)17-3-2-8-32(15-17)19-14-27-20(21(24)34)22(29-19)28-18-5-4-16(13-26-18)31-9-6-25-7-10-31/h14,16-18,25-26H,2-13,15H2,1H3,(H2,24,34)(H,28,29)/t16?,17-,18?/m1/s1. The lowest BCUT2D eigenvalue weighted by molar-refractivity contribution is 0.0995. The van der Waals surface area contributed by atoms with Crippen molar-refractivity contribution in [3.63, 3.8) is 0 Å². The van der Waals surface area contributed by atoms with Crippen LogP contribution in [0.4, 0.5) is 16.4 Å². The second-order valence-electron chi connectivity index (χ2n) is 10.1. The Morgan fingerprint density at radius 3 is 2.63 bits per heavy atom. The number of piperidine rings is 2. The summed E-state index contributed by atoms with van der Waals surface area (Å²) in [7, 11) is 1.85. The number of hydrogen-bond acceptors (Lipinski definition) is 9. The van der Waals surface area contributed by atoms with Gasteiger partial charge in [0.05, 0.1) is 18.4 Å². The van der Waals surface area contributed by atoms with Gasteiger partial charge in [-0.2, -0.15) is 0 Å². The molecular formula is C23H38N10O2. The zero-order chi connectivity index (χ0) is 24.4. The number of likely N-dealkylation sites (N-methyl/N-ethyl adjacent to an activating group) is 1. The molecule has 5 rings (SSSR count). The molecule has 3 amide bonds. The van der Waals surface area contributed by atoms with Crippen LogP contribution in [0.3, 0.4) is 0 Å². The Bertz CT molecular complexity index is 916. The predicted molar refractivity (Wildman–Crippen MR) is 133 cm³/mol. The molecule has 0 saturated carbocycles. The summed E-state index contributed by atoms with van der Waals surface area (Å²) >= 11 is 0. The van der Waals surface area contributed by atoms with Gasteiger partial charge in [-0.05, 0) is 25.7 Å². The van der Waals surface area contributed by atoms with E-state index in [1.807, 2.05) is 11.9 Å². The first-order valence-electron chi connectivity index (χ1n) is 12.9. The van der Waals surface area contributed by atoms with E-state index in [0.717, 1.165) is 78.0 Å². The molecular weight excluding hydrogens is 448 g/mol. The van der Waals surface area contributed by atoms with Crippen LogP contribution < -0.4 is 26.6 Å². The molecule has 12 heteroatoms. The minimum absolute atomic E-state index is 0.00341. The Balaban J connectivity index is 1.25. The van der Waals surface area contributed by atoms with Crippen LogP contribution in [0.2, 0.25) is 0 Å². The van der Waals surface area contributed by atoms with Crippen molar-refractivity contribution in [2.75, 3.05) is 76.2 Å². The van der Waals surface area contributed by atoms with Gasteiger partial charge in [0.15, 0.2) is 11.5 Å². The van der Waals surface area contributed by atoms with Crippen molar-refractivity contribution in [3.05, 3.63) is 11.9 Å². The van der Waals surface area contributed by atoms with Crippen LogP contribution in [0.25, 0.3) is 0 Å². The molecule has 5 N–H and O–H groups in total. The van der Waals surface area contributed by atoms with Crippen LogP contribution in [0, 0.1) is 0 Å². The van der Waals surface area contributed by atoms with Gasteiger partial charge in [-0.25, -0.2) is 14.8 Å². The number of hydrogen-bond donors (Lipinski definition) is 4. The molecule has 0 radical (unpaired) electrons. The highest BCUT2D eigenvalue weighted by atomic mass is 16.2. The fraction of sp³-hybridized carbons (Fsp3) is 0.739. The van der Waals surface area contributed by atoms with E-state index >= 15 is 0 Å². The van der Waals surface area contributed by atoms with Crippen molar-refractivity contribution >= 4 is 23.6 Å².